The molecule has 3 aliphatic rings. The molecule has 3 aliphatic heterocycles. The predicted molar refractivity (Wildman–Crippen MR) is 167 cm³/mol. The molecule has 1 aromatic heterocycles. The van der Waals surface area contributed by atoms with Gasteiger partial charge in [0.2, 0.25) is 5.91 Å². The van der Waals surface area contributed by atoms with E-state index in [9.17, 15) is 9.59 Å². The molecule has 226 valence electrons. The Kier molecular flexibility index (Phi) is 8.41. The lowest BCUT2D eigenvalue weighted by molar-refractivity contribution is -0.132. The Morgan fingerprint density at radius 1 is 1.12 bits per heavy atom. The lowest BCUT2D eigenvalue weighted by atomic mass is 10.0. The minimum atomic E-state index is -1.13. The molecule has 1 amide bonds. The summed E-state index contributed by atoms with van der Waals surface area (Å²) in [6.45, 7) is 4.01. The summed E-state index contributed by atoms with van der Waals surface area (Å²) in [5, 5.41) is 11.8. The number of carbonyl (C=O) groups is 2. The first-order valence-electron chi connectivity index (χ1n) is 14.9. The number of hydrogen-bond acceptors (Lipinski definition) is 8. The number of aliphatic carboxylic acids is 1. The number of aromatic nitrogens is 2. The van der Waals surface area contributed by atoms with Crippen molar-refractivity contribution in [2.24, 2.45) is 0 Å². The zero-order chi connectivity index (χ0) is 30.1. The molecule has 43 heavy (non-hydrogen) atoms. The van der Waals surface area contributed by atoms with Crippen molar-refractivity contribution in [1.29, 1.82) is 0 Å². The maximum atomic E-state index is 12.6. The van der Waals surface area contributed by atoms with Gasteiger partial charge in [0, 0.05) is 67.6 Å². The van der Waals surface area contributed by atoms with Crippen LogP contribution in [-0.4, -0.2) is 95.7 Å². The van der Waals surface area contributed by atoms with Crippen LogP contribution in [0.3, 0.4) is 0 Å². The summed E-state index contributed by atoms with van der Waals surface area (Å²) >= 11 is 6.69. The minimum absolute atomic E-state index is 0.0323. The number of rotatable bonds is 8. The maximum Gasteiger partial charge on any atom is 0.328 e. The third kappa shape index (κ3) is 6.12. The van der Waals surface area contributed by atoms with Crippen LogP contribution in [0, 0.1) is 0 Å². The van der Waals surface area contributed by atoms with Crippen molar-refractivity contribution >= 4 is 45.8 Å². The number of carbonyl (C=O) groups excluding carboxylic acids is 1. The molecular formula is C32H37ClN6O4. The van der Waals surface area contributed by atoms with Crippen molar-refractivity contribution in [1.82, 2.24) is 19.8 Å². The number of nitrogens with zero attached hydrogens (tertiary/aromatic N) is 6. The molecular weight excluding hydrogens is 568 g/mol. The average molecular weight is 605 g/mol. The van der Waals surface area contributed by atoms with Crippen LogP contribution in [0.25, 0.3) is 10.8 Å². The Balaban J connectivity index is 1.29. The number of ether oxygens (including phenoxy) is 1. The van der Waals surface area contributed by atoms with Gasteiger partial charge in [0.1, 0.15) is 12.4 Å². The smallest absolute Gasteiger partial charge is 0.328 e. The molecule has 10 nitrogen and oxygen atoms in total. The number of anilines is 2. The summed E-state index contributed by atoms with van der Waals surface area (Å²) < 4.78 is 6.26. The first-order valence-corrected chi connectivity index (χ1v) is 15.2. The quantitative estimate of drug-likeness (QED) is 0.382. The summed E-state index contributed by atoms with van der Waals surface area (Å²) in [6, 6.07) is 13.0. The second-order valence-corrected chi connectivity index (χ2v) is 12.0. The van der Waals surface area contributed by atoms with Gasteiger partial charge in [0.25, 0.3) is 0 Å². The molecule has 1 unspecified atom stereocenters. The van der Waals surface area contributed by atoms with E-state index in [1.54, 1.807) is 4.90 Å². The number of amides is 1. The second kappa shape index (κ2) is 12.4. The highest BCUT2D eigenvalue weighted by Gasteiger charge is 2.33. The van der Waals surface area contributed by atoms with E-state index in [1.165, 1.54) is 0 Å². The normalized spacial score (nSPS) is 20.6. The zero-order valence-corrected chi connectivity index (χ0v) is 25.3. The molecule has 4 heterocycles. The van der Waals surface area contributed by atoms with Crippen LogP contribution in [0.5, 0.6) is 6.01 Å². The Labute approximate surface area is 256 Å². The number of likely N-dealkylation sites (N-methyl/N-ethyl adjacent to an activating group) is 2. The van der Waals surface area contributed by atoms with E-state index in [-0.39, 0.29) is 11.9 Å². The van der Waals surface area contributed by atoms with E-state index in [1.807, 2.05) is 19.2 Å². The third-order valence-corrected chi connectivity index (χ3v) is 9.31. The highest BCUT2D eigenvalue weighted by atomic mass is 35.5. The van der Waals surface area contributed by atoms with Crippen molar-refractivity contribution in [3.05, 3.63) is 64.8 Å². The summed E-state index contributed by atoms with van der Waals surface area (Å²) in [7, 11) is 4.14. The third-order valence-electron chi connectivity index (χ3n) is 9.00. The number of carboxylic acid groups (broad SMARTS) is 1. The Morgan fingerprint density at radius 2 is 1.93 bits per heavy atom. The minimum Gasteiger partial charge on any atom is -0.478 e. The molecule has 0 aliphatic carbocycles. The predicted octanol–water partition coefficient (Wildman–Crippen LogP) is 4.00. The molecule has 0 radical (unpaired) electrons. The molecule has 6 rings (SSSR count). The number of likely N-dealkylation sites (tertiary alicyclic amines) is 2. The highest BCUT2D eigenvalue weighted by Crippen LogP contribution is 2.37. The molecule has 3 aromatic rings. The van der Waals surface area contributed by atoms with Crippen LogP contribution in [0.2, 0.25) is 5.02 Å². The summed E-state index contributed by atoms with van der Waals surface area (Å²) in [5.41, 5.74) is 3.10. The van der Waals surface area contributed by atoms with Crippen molar-refractivity contribution in [3.8, 4) is 6.01 Å². The number of hydrogen-bond donors (Lipinski definition) is 1. The van der Waals surface area contributed by atoms with Gasteiger partial charge in [-0.1, -0.05) is 35.9 Å². The van der Waals surface area contributed by atoms with Gasteiger partial charge in [-0.3, -0.25) is 4.79 Å². The first-order chi connectivity index (χ1) is 20.8. The Hall–Kier alpha value is -3.89. The topological polar surface area (TPSA) is 102 Å². The molecule has 0 spiro atoms. The van der Waals surface area contributed by atoms with Crippen LogP contribution in [-0.2, 0) is 22.6 Å². The van der Waals surface area contributed by atoms with Crippen molar-refractivity contribution < 1.29 is 19.4 Å². The molecule has 11 heteroatoms. The largest absolute Gasteiger partial charge is 0.478 e. The molecule has 0 bridgehead atoms. The van der Waals surface area contributed by atoms with Crippen LogP contribution in [0.1, 0.15) is 30.5 Å². The van der Waals surface area contributed by atoms with Gasteiger partial charge in [-0.15, -0.1) is 0 Å². The number of fused-ring (bicyclic) bond motifs is 2. The van der Waals surface area contributed by atoms with E-state index >= 15 is 0 Å². The molecule has 2 aromatic carbocycles. The van der Waals surface area contributed by atoms with E-state index in [0.717, 1.165) is 89.5 Å². The number of benzene rings is 2. The summed E-state index contributed by atoms with van der Waals surface area (Å²) in [6.07, 6.45) is 5.76. The standard InChI is InChI=1S/C32H37ClN6O4/c1-36-15-5-8-23(36)20-43-32-34-26-19-38(27-10-4-7-21-6-3-9-25(33)30(21)27)17-14-24(26)31(35-32)37(2)22-13-16-39(18-22)28(40)11-12-29(41)42/h3-4,6-7,9-12,22-23H,5,8,13-20H2,1-2H3,(H,41,42)/b12-11-/t22?,23-/m0/s1. The van der Waals surface area contributed by atoms with Crippen molar-refractivity contribution in [2.75, 3.05) is 56.7 Å². The van der Waals surface area contributed by atoms with Gasteiger partial charge < -0.3 is 29.4 Å². The zero-order valence-electron chi connectivity index (χ0n) is 24.6. The maximum absolute atomic E-state index is 12.6. The fraction of sp³-hybridized carbons (Fsp3) is 0.438. The fourth-order valence-electron chi connectivity index (χ4n) is 6.53. The van der Waals surface area contributed by atoms with E-state index < -0.39 is 5.97 Å². The number of carboxylic acids is 1. The summed E-state index contributed by atoms with van der Waals surface area (Å²) in [5.74, 6) is -0.599. The average Bonchev–Trinajstić information content (AvgIpc) is 3.67. The van der Waals surface area contributed by atoms with Crippen LogP contribution < -0.4 is 14.5 Å². The van der Waals surface area contributed by atoms with Gasteiger partial charge in [-0.05, 0) is 56.8 Å². The number of halogens is 1. The highest BCUT2D eigenvalue weighted by molar-refractivity contribution is 6.36. The SMILES string of the molecule is CN(c1nc(OC[C@@H]2CCCN2C)nc2c1CCN(c1cccc3cccc(Cl)c13)C2)C1CCN(C(=O)/C=C\C(=O)O)C1. The van der Waals surface area contributed by atoms with Gasteiger partial charge >= 0.3 is 12.0 Å². The van der Waals surface area contributed by atoms with Gasteiger partial charge in [-0.2, -0.15) is 9.97 Å². The van der Waals surface area contributed by atoms with Crippen LogP contribution in [0.15, 0.2) is 48.6 Å². The van der Waals surface area contributed by atoms with Crippen LogP contribution >= 0.6 is 11.6 Å². The van der Waals surface area contributed by atoms with Crippen molar-refractivity contribution in [2.45, 2.75) is 44.3 Å². The van der Waals surface area contributed by atoms with Gasteiger partial charge in [0.05, 0.1) is 17.3 Å². The Bertz CT molecular complexity index is 1560. The Morgan fingerprint density at radius 3 is 2.70 bits per heavy atom. The lowest BCUT2D eigenvalue weighted by Gasteiger charge is -2.35. The summed E-state index contributed by atoms with van der Waals surface area (Å²) in [4.78, 5) is 41.8. The first kappa shape index (κ1) is 29.2. The molecule has 1 N–H and O–H groups in total. The van der Waals surface area contributed by atoms with Crippen LogP contribution in [0.4, 0.5) is 11.5 Å². The molecule has 2 atom stereocenters. The van der Waals surface area contributed by atoms with Gasteiger partial charge in [-0.25, -0.2) is 4.79 Å². The van der Waals surface area contributed by atoms with E-state index in [2.05, 4.69) is 46.0 Å². The van der Waals surface area contributed by atoms with E-state index in [4.69, 9.17) is 31.4 Å². The molecule has 2 saturated heterocycles. The molecule has 2 fully saturated rings. The van der Waals surface area contributed by atoms with Crippen molar-refractivity contribution in [3.63, 3.8) is 0 Å². The lowest BCUT2D eigenvalue weighted by Crippen LogP contribution is -2.39. The monoisotopic (exact) mass is 604 g/mol. The molecule has 0 saturated carbocycles. The van der Waals surface area contributed by atoms with E-state index in [0.29, 0.717) is 38.3 Å². The van der Waals surface area contributed by atoms with Gasteiger partial charge in [0.15, 0.2) is 0 Å². The fourth-order valence-corrected chi connectivity index (χ4v) is 6.81. The second-order valence-electron chi connectivity index (χ2n) is 11.6.